The van der Waals surface area contributed by atoms with Gasteiger partial charge in [-0.05, 0) is 6.42 Å². The lowest BCUT2D eigenvalue weighted by atomic mass is 10.3. The van der Waals surface area contributed by atoms with Gasteiger partial charge < -0.3 is 15.8 Å². The summed E-state index contributed by atoms with van der Waals surface area (Å²) in [6, 6.07) is -0.353. The number of ether oxygens (including phenoxy) is 1. The SMILES string of the molecule is COCCNC(=O)NC(=O)CN1CCC(N)C1. The topological polar surface area (TPSA) is 96.7 Å². The molecule has 0 saturated carbocycles. The van der Waals surface area contributed by atoms with Crippen molar-refractivity contribution < 1.29 is 14.3 Å². The highest BCUT2D eigenvalue weighted by molar-refractivity contribution is 5.95. The summed E-state index contributed by atoms with van der Waals surface area (Å²) in [5.41, 5.74) is 5.72. The van der Waals surface area contributed by atoms with E-state index in [4.69, 9.17) is 10.5 Å². The van der Waals surface area contributed by atoms with Crippen LogP contribution in [0.3, 0.4) is 0 Å². The minimum Gasteiger partial charge on any atom is -0.383 e. The summed E-state index contributed by atoms with van der Waals surface area (Å²) in [6.07, 6.45) is 0.896. The molecule has 1 unspecified atom stereocenters. The maximum absolute atomic E-state index is 11.5. The number of amides is 3. The van der Waals surface area contributed by atoms with E-state index in [2.05, 4.69) is 10.6 Å². The smallest absolute Gasteiger partial charge is 0.321 e. The zero-order valence-corrected chi connectivity index (χ0v) is 10.1. The monoisotopic (exact) mass is 244 g/mol. The Hall–Kier alpha value is -1.18. The summed E-state index contributed by atoms with van der Waals surface area (Å²) in [7, 11) is 1.54. The zero-order chi connectivity index (χ0) is 12.7. The highest BCUT2D eigenvalue weighted by atomic mass is 16.5. The van der Waals surface area contributed by atoms with Gasteiger partial charge in [-0.15, -0.1) is 0 Å². The minimum absolute atomic E-state index is 0.137. The predicted molar refractivity (Wildman–Crippen MR) is 62.4 cm³/mol. The van der Waals surface area contributed by atoms with Gasteiger partial charge in [-0.3, -0.25) is 15.0 Å². The molecule has 1 aliphatic rings. The van der Waals surface area contributed by atoms with E-state index >= 15 is 0 Å². The van der Waals surface area contributed by atoms with E-state index < -0.39 is 6.03 Å². The summed E-state index contributed by atoms with van der Waals surface area (Å²) < 4.78 is 4.77. The Morgan fingerprint density at radius 3 is 2.88 bits per heavy atom. The fourth-order valence-electron chi connectivity index (χ4n) is 1.69. The molecule has 0 spiro atoms. The van der Waals surface area contributed by atoms with Gasteiger partial charge in [0.15, 0.2) is 0 Å². The van der Waals surface area contributed by atoms with E-state index in [1.54, 1.807) is 7.11 Å². The lowest BCUT2D eigenvalue weighted by Gasteiger charge is -2.14. The van der Waals surface area contributed by atoms with Crippen LogP contribution < -0.4 is 16.4 Å². The fourth-order valence-corrected chi connectivity index (χ4v) is 1.69. The molecule has 0 aromatic rings. The maximum atomic E-state index is 11.5. The van der Waals surface area contributed by atoms with Crippen molar-refractivity contribution in [2.24, 2.45) is 5.73 Å². The molecule has 1 heterocycles. The first-order valence-electron chi connectivity index (χ1n) is 5.66. The maximum Gasteiger partial charge on any atom is 0.321 e. The molecule has 7 nitrogen and oxygen atoms in total. The van der Waals surface area contributed by atoms with Crippen LogP contribution in [0.4, 0.5) is 4.79 Å². The van der Waals surface area contributed by atoms with Crippen molar-refractivity contribution in [3.63, 3.8) is 0 Å². The summed E-state index contributed by atoms with van der Waals surface area (Å²) in [4.78, 5) is 24.6. The molecule has 1 atom stereocenters. The number of nitrogens with one attached hydrogen (secondary N) is 2. The third-order valence-electron chi connectivity index (χ3n) is 2.52. The quantitative estimate of drug-likeness (QED) is 0.511. The van der Waals surface area contributed by atoms with Crippen LogP contribution in [0.25, 0.3) is 0 Å². The van der Waals surface area contributed by atoms with E-state index in [1.165, 1.54) is 0 Å². The molecule has 3 amide bonds. The predicted octanol–water partition coefficient (Wildman–Crippen LogP) is -1.51. The number of rotatable bonds is 5. The number of likely N-dealkylation sites (tertiary alicyclic amines) is 1. The molecular formula is C10H20N4O3. The van der Waals surface area contributed by atoms with Crippen molar-refractivity contribution in [1.82, 2.24) is 15.5 Å². The van der Waals surface area contributed by atoms with Gasteiger partial charge in [0.05, 0.1) is 13.2 Å². The van der Waals surface area contributed by atoms with Crippen LogP contribution in [0.15, 0.2) is 0 Å². The number of nitrogens with two attached hydrogens (primary N) is 1. The molecule has 0 aliphatic carbocycles. The Bertz CT molecular complexity index is 272. The summed E-state index contributed by atoms with van der Waals surface area (Å²) in [5, 5.41) is 4.76. The van der Waals surface area contributed by atoms with Crippen LogP contribution >= 0.6 is 0 Å². The van der Waals surface area contributed by atoms with Gasteiger partial charge in [0.25, 0.3) is 0 Å². The zero-order valence-electron chi connectivity index (χ0n) is 10.1. The van der Waals surface area contributed by atoms with Crippen molar-refractivity contribution in [3.8, 4) is 0 Å². The van der Waals surface area contributed by atoms with Crippen LogP contribution in [-0.4, -0.2) is 62.8 Å². The van der Waals surface area contributed by atoms with Gasteiger partial charge in [0.1, 0.15) is 0 Å². The number of carbonyl (C=O) groups is 2. The fraction of sp³-hybridized carbons (Fsp3) is 0.800. The molecule has 1 fully saturated rings. The number of imide groups is 1. The Kier molecular flexibility index (Phi) is 5.88. The third-order valence-corrected chi connectivity index (χ3v) is 2.52. The molecule has 7 heteroatoms. The average Bonchev–Trinajstić information content (AvgIpc) is 2.64. The molecule has 4 N–H and O–H groups in total. The van der Waals surface area contributed by atoms with E-state index in [-0.39, 0.29) is 18.5 Å². The first-order valence-corrected chi connectivity index (χ1v) is 5.66. The van der Waals surface area contributed by atoms with Gasteiger partial charge in [-0.1, -0.05) is 0 Å². The van der Waals surface area contributed by atoms with Gasteiger partial charge in [0, 0.05) is 32.8 Å². The molecule has 1 rings (SSSR count). The average molecular weight is 244 g/mol. The molecule has 0 aromatic heterocycles. The normalized spacial score (nSPS) is 20.2. The van der Waals surface area contributed by atoms with E-state index in [9.17, 15) is 9.59 Å². The van der Waals surface area contributed by atoms with Gasteiger partial charge >= 0.3 is 6.03 Å². The molecule has 17 heavy (non-hydrogen) atoms. The summed E-state index contributed by atoms with van der Waals surface area (Å²) in [6.45, 7) is 2.52. The Balaban J connectivity index is 2.13. The molecule has 0 bridgehead atoms. The number of methoxy groups -OCH3 is 1. The van der Waals surface area contributed by atoms with Crippen molar-refractivity contribution in [3.05, 3.63) is 0 Å². The highest BCUT2D eigenvalue weighted by Gasteiger charge is 2.21. The van der Waals surface area contributed by atoms with Gasteiger partial charge in [-0.2, -0.15) is 0 Å². The lowest BCUT2D eigenvalue weighted by molar-refractivity contribution is -0.120. The number of urea groups is 1. The van der Waals surface area contributed by atoms with Crippen molar-refractivity contribution >= 4 is 11.9 Å². The number of hydrogen-bond acceptors (Lipinski definition) is 5. The number of hydrogen-bond donors (Lipinski definition) is 3. The molecule has 0 aromatic carbocycles. The number of carbonyl (C=O) groups excluding carboxylic acids is 2. The molecule has 1 aliphatic heterocycles. The molecule has 0 radical (unpaired) electrons. The van der Waals surface area contributed by atoms with Crippen LogP contribution in [0.5, 0.6) is 0 Å². The second kappa shape index (κ2) is 7.21. The first-order chi connectivity index (χ1) is 8.11. The number of nitrogens with zero attached hydrogens (tertiary/aromatic N) is 1. The molecule has 98 valence electrons. The standard InChI is InChI=1S/C10H20N4O3/c1-17-5-3-12-10(16)13-9(15)7-14-4-2-8(11)6-14/h8H,2-7,11H2,1H3,(H2,12,13,15,16). The van der Waals surface area contributed by atoms with Crippen molar-refractivity contribution in [2.75, 3.05) is 39.9 Å². The van der Waals surface area contributed by atoms with Crippen LogP contribution in [0.1, 0.15) is 6.42 Å². The Morgan fingerprint density at radius 2 is 2.29 bits per heavy atom. The molecular weight excluding hydrogens is 224 g/mol. The second-order valence-corrected chi connectivity index (χ2v) is 4.08. The van der Waals surface area contributed by atoms with Crippen LogP contribution in [-0.2, 0) is 9.53 Å². The molecule has 1 saturated heterocycles. The first kappa shape index (κ1) is 13.9. The highest BCUT2D eigenvalue weighted by Crippen LogP contribution is 2.05. The van der Waals surface area contributed by atoms with E-state index in [0.29, 0.717) is 19.7 Å². The van der Waals surface area contributed by atoms with Crippen molar-refractivity contribution in [2.45, 2.75) is 12.5 Å². The van der Waals surface area contributed by atoms with Crippen LogP contribution in [0, 0.1) is 0 Å². The van der Waals surface area contributed by atoms with Crippen molar-refractivity contribution in [1.29, 1.82) is 0 Å². The van der Waals surface area contributed by atoms with E-state index in [1.807, 2.05) is 4.90 Å². The Labute approximate surface area is 101 Å². The second-order valence-electron chi connectivity index (χ2n) is 4.08. The van der Waals surface area contributed by atoms with E-state index in [0.717, 1.165) is 13.0 Å². The third kappa shape index (κ3) is 5.62. The largest absolute Gasteiger partial charge is 0.383 e. The minimum atomic E-state index is -0.490. The summed E-state index contributed by atoms with van der Waals surface area (Å²) >= 11 is 0. The summed E-state index contributed by atoms with van der Waals surface area (Å²) in [5.74, 6) is -0.311. The van der Waals surface area contributed by atoms with Crippen LogP contribution in [0.2, 0.25) is 0 Å². The van der Waals surface area contributed by atoms with Gasteiger partial charge in [-0.25, -0.2) is 4.79 Å². The van der Waals surface area contributed by atoms with Gasteiger partial charge in [0.2, 0.25) is 5.91 Å². The Morgan fingerprint density at radius 1 is 1.53 bits per heavy atom. The lowest BCUT2D eigenvalue weighted by Crippen LogP contribution is -2.45.